The molecule has 8 nitrogen and oxygen atoms in total. The molecule has 3 rings (SSSR count). The van der Waals surface area contributed by atoms with Crippen LogP contribution < -0.4 is 26.9 Å². The van der Waals surface area contributed by atoms with Crippen molar-refractivity contribution in [2.45, 2.75) is 31.7 Å². The molecule has 1 unspecified atom stereocenters. The number of amides is 2. The van der Waals surface area contributed by atoms with Gasteiger partial charge in [-0.25, -0.2) is 9.82 Å². The topological polar surface area (TPSA) is 123 Å². The van der Waals surface area contributed by atoms with Gasteiger partial charge in [-0.15, -0.1) is 0 Å². The van der Waals surface area contributed by atoms with E-state index in [0.717, 1.165) is 13.0 Å². The van der Waals surface area contributed by atoms with E-state index in [4.69, 9.17) is 16.2 Å². The Morgan fingerprint density at radius 1 is 1.21 bits per heavy atom. The van der Waals surface area contributed by atoms with Crippen molar-refractivity contribution in [3.8, 4) is 5.75 Å². The zero-order valence-electron chi connectivity index (χ0n) is 18.2. The number of nitrogens with one attached hydrogen (secondary N) is 2. The number of nitrogens with zero attached hydrogens (tertiary/aromatic N) is 1. The summed E-state index contributed by atoms with van der Waals surface area (Å²) in [5, 5.41) is 3.31. The monoisotopic (exact) mass is 481 g/mol. The summed E-state index contributed by atoms with van der Waals surface area (Å²) < 4.78 is 58.1. The normalized spacial score (nSPS) is 17.0. The Morgan fingerprint density at radius 3 is 2.41 bits per heavy atom. The summed E-state index contributed by atoms with van der Waals surface area (Å²) in [6.07, 6.45) is -4.60. The highest BCUT2D eigenvalue weighted by Crippen LogP contribution is 2.35. The number of alkyl halides is 3. The minimum absolute atomic E-state index is 0.0277. The van der Waals surface area contributed by atoms with Crippen LogP contribution in [0.5, 0.6) is 5.75 Å². The molecule has 0 radical (unpaired) electrons. The van der Waals surface area contributed by atoms with Crippen LogP contribution >= 0.6 is 0 Å². The van der Waals surface area contributed by atoms with Crippen LogP contribution in [0.25, 0.3) is 0 Å². The molecule has 0 bridgehead atoms. The van der Waals surface area contributed by atoms with Crippen molar-refractivity contribution in [2.75, 3.05) is 7.11 Å². The summed E-state index contributed by atoms with van der Waals surface area (Å²) in [5.74, 6) is -2.29. The van der Waals surface area contributed by atoms with Gasteiger partial charge in [-0.2, -0.15) is 13.2 Å². The Labute approximate surface area is 192 Å². The van der Waals surface area contributed by atoms with Crippen LogP contribution in [-0.2, 0) is 11.3 Å². The molecule has 0 spiro atoms. The van der Waals surface area contributed by atoms with E-state index in [2.05, 4.69) is 10.7 Å². The molecule has 6 N–H and O–H groups in total. The van der Waals surface area contributed by atoms with Crippen LogP contribution in [0.1, 0.15) is 34.5 Å². The Morgan fingerprint density at radius 2 is 1.85 bits per heavy atom. The number of halogens is 4. The number of hydrogen-bond donors (Lipinski definition) is 4. The molecule has 2 amide bonds. The molecular formula is C22H23F4N5O3. The second-order valence-electron chi connectivity index (χ2n) is 7.58. The van der Waals surface area contributed by atoms with E-state index in [0.29, 0.717) is 16.1 Å². The van der Waals surface area contributed by atoms with Gasteiger partial charge in [0.25, 0.3) is 5.91 Å². The maximum absolute atomic E-state index is 13.5. The molecule has 1 aliphatic rings. The number of carbonyl (C=O) groups is 2. The van der Waals surface area contributed by atoms with E-state index in [1.54, 1.807) is 24.3 Å². The van der Waals surface area contributed by atoms with Crippen LogP contribution in [0.4, 0.5) is 17.6 Å². The molecule has 0 aromatic heterocycles. The third-order valence-electron chi connectivity index (χ3n) is 5.39. The van der Waals surface area contributed by atoms with E-state index >= 15 is 0 Å². The molecular weight excluding hydrogens is 458 g/mol. The van der Waals surface area contributed by atoms with Crippen molar-refractivity contribution in [3.63, 3.8) is 0 Å². The summed E-state index contributed by atoms with van der Waals surface area (Å²) in [6, 6.07) is 6.95. The summed E-state index contributed by atoms with van der Waals surface area (Å²) in [6.45, 7) is 0.981. The van der Waals surface area contributed by atoms with Gasteiger partial charge in [0.15, 0.2) is 0 Å². The van der Waals surface area contributed by atoms with Crippen molar-refractivity contribution >= 4 is 11.8 Å². The molecule has 1 aliphatic heterocycles. The minimum atomic E-state index is -4.60. The summed E-state index contributed by atoms with van der Waals surface area (Å²) in [5.41, 5.74) is 14.7. The molecule has 0 saturated carbocycles. The Bertz CT molecular complexity index is 1120. The maximum Gasteiger partial charge on any atom is 0.410 e. The smallest absolute Gasteiger partial charge is 0.410 e. The van der Waals surface area contributed by atoms with Crippen LogP contribution in [0, 0.1) is 5.82 Å². The molecule has 0 aliphatic carbocycles. The average molecular weight is 481 g/mol. The molecule has 0 fully saturated rings. The van der Waals surface area contributed by atoms with Gasteiger partial charge in [-0.3, -0.25) is 14.6 Å². The van der Waals surface area contributed by atoms with Crippen molar-refractivity contribution in [3.05, 3.63) is 76.4 Å². The first-order valence-corrected chi connectivity index (χ1v) is 10.1. The Balaban J connectivity index is 1.74. The van der Waals surface area contributed by atoms with E-state index in [1.807, 2.05) is 0 Å². The number of methoxy groups -OCH3 is 1. The fourth-order valence-corrected chi connectivity index (χ4v) is 3.49. The van der Waals surface area contributed by atoms with Gasteiger partial charge in [0.05, 0.1) is 24.3 Å². The minimum Gasteiger partial charge on any atom is -0.496 e. The number of nitrogens with two attached hydrogens (primary N) is 2. The molecule has 0 saturated heterocycles. The van der Waals surface area contributed by atoms with Gasteiger partial charge in [-0.1, -0.05) is 24.3 Å². The average Bonchev–Trinajstić information content (AvgIpc) is 3.13. The van der Waals surface area contributed by atoms with Gasteiger partial charge < -0.3 is 21.5 Å². The zero-order chi connectivity index (χ0) is 25.2. The SMILES string of the molecule is COc1ccc(F)cc1C(=O)NCc1ccc(C2NN([C@H](C)C(F)(F)F)C(N)=C2C(N)=O)cc1. The predicted molar refractivity (Wildman–Crippen MR) is 114 cm³/mol. The largest absolute Gasteiger partial charge is 0.496 e. The Hall–Kier alpha value is -3.80. The lowest BCUT2D eigenvalue weighted by atomic mass is 9.98. The number of primary amides is 1. The van der Waals surface area contributed by atoms with Gasteiger partial charge in [0.2, 0.25) is 5.91 Å². The summed E-state index contributed by atoms with van der Waals surface area (Å²) in [4.78, 5) is 24.3. The number of ether oxygens (including phenoxy) is 1. The molecule has 2 atom stereocenters. The molecule has 1 heterocycles. The lowest BCUT2D eigenvalue weighted by Gasteiger charge is -2.29. The van der Waals surface area contributed by atoms with Crippen LogP contribution in [0.15, 0.2) is 53.9 Å². The fraction of sp³-hybridized carbons (Fsp3) is 0.273. The van der Waals surface area contributed by atoms with E-state index < -0.39 is 41.7 Å². The first kappa shape index (κ1) is 24.8. The zero-order valence-corrected chi connectivity index (χ0v) is 18.2. The second-order valence-corrected chi connectivity index (χ2v) is 7.58. The highest BCUT2D eigenvalue weighted by atomic mass is 19.4. The summed E-state index contributed by atoms with van der Waals surface area (Å²) in [7, 11) is 1.36. The standard InChI is InChI=1S/C22H23F4N5O3/c1-11(22(24,25)26)31-19(27)17(20(28)32)18(30-31)13-5-3-12(4-6-13)10-29-21(33)15-9-14(23)7-8-16(15)34-2/h3-9,11,18,30H,10,27H2,1-2H3,(H2,28,32)(H,29,33)/t11-,18?/m1/s1. The van der Waals surface area contributed by atoms with Gasteiger partial charge in [-0.05, 0) is 36.2 Å². The third-order valence-corrected chi connectivity index (χ3v) is 5.39. The molecule has 2 aromatic carbocycles. The van der Waals surface area contributed by atoms with Crippen molar-refractivity contribution < 1.29 is 31.9 Å². The molecule has 182 valence electrons. The fourth-order valence-electron chi connectivity index (χ4n) is 3.49. The lowest BCUT2D eigenvalue weighted by Crippen LogP contribution is -2.49. The Kier molecular flexibility index (Phi) is 7.01. The number of benzene rings is 2. The van der Waals surface area contributed by atoms with Crippen molar-refractivity contribution in [2.24, 2.45) is 11.5 Å². The third kappa shape index (κ3) is 5.06. The van der Waals surface area contributed by atoms with Gasteiger partial charge in [0, 0.05) is 6.54 Å². The second kappa shape index (κ2) is 9.59. The highest BCUT2D eigenvalue weighted by molar-refractivity contribution is 5.97. The highest BCUT2D eigenvalue weighted by Gasteiger charge is 2.46. The van der Waals surface area contributed by atoms with Gasteiger partial charge in [0.1, 0.15) is 23.4 Å². The maximum atomic E-state index is 13.5. The molecule has 2 aromatic rings. The number of hydrogen-bond acceptors (Lipinski definition) is 6. The predicted octanol–water partition coefficient (Wildman–Crippen LogP) is 2.23. The van der Waals surface area contributed by atoms with E-state index in [9.17, 15) is 27.2 Å². The number of rotatable bonds is 7. The van der Waals surface area contributed by atoms with Gasteiger partial charge >= 0.3 is 6.18 Å². The van der Waals surface area contributed by atoms with Crippen LogP contribution in [0.2, 0.25) is 0 Å². The van der Waals surface area contributed by atoms with Crippen molar-refractivity contribution in [1.82, 2.24) is 15.8 Å². The first-order valence-electron chi connectivity index (χ1n) is 10.1. The van der Waals surface area contributed by atoms with Crippen LogP contribution in [-0.4, -0.2) is 36.2 Å². The molecule has 12 heteroatoms. The quantitative estimate of drug-likeness (QED) is 0.450. The van der Waals surface area contributed by atoms with E-state index in [1.165, 1.54) is 19.2 Å². The van der Waals surface area contributed by atoms with Crippen molar-refractivity contribution in [1.29, 1.82) is 0 Å². The number of hydrazine groups is 1. The molecule has 34 heavy (non-hydrogen) atoms. The van der Waals surface area contributed by atoms with Crippen LogP contribution in [0.3, 0.4) is 0 Å². The first-order chi connectivity index (χ1) is 15.9. The van der Waals surface area contributed by atoms with E-state index in [-0.39, 0.29) is 23.4 Å². The number of carbonyl (C=O) groups excluding carboxylic acids is 2. The summed E-state index contributed by atoms with van der Waals surface area (Å²) >= 11 is 0. The lowest BCUT2D eigenvalue weighted by molar-refractivity contribution is -0.180.